The maximum atomic E-state index is 12.4. The number of non-ortho nitro benzene ring substituents is 1. The van der Waals surface area contributed by atoms with Gasteiger partial charge in [-0.15, -0.1) is 0 Å². The summed E-state index contributed by atoms with van der Waals surface area (Å²) in [5, 5.41) is 26.3. The summed E-state index contributed by atoms with van der Waals surface area (Å²) in [6.07, 6.45) is 1.26. The van der Waals surface area contributed by atoms with E-state index in [1.54, 1.807) is 49.4 Å². The topological polar surface area (TPSA) is 117 Å². The second-order valence-corrected chi connectivity index (χ2v) is 7.15. The second-order valence-electron chi connectivity index (χ2n) is 6.29. The number of amides is 1. The molecule has 0 spiro atoms. The fraction of sp³-hybridized carbons (Fsp3) is 0.0909. The monoisotopic (exact) mass is 482 g/mol. The Labute approximate surface area is 186 Å². The summed E-state index contributed by atoms with van der Waals surface area (Å²) in [4.78, 5) is 27.1. The number of nitro groups is 1. The lowest BCUT2D eigenvalue weighted by molar-refractivity contribution is -0.385. The Morgan fingerprint density at radius 1 is 1.19 bits per heavy atom. The fourth-order valence-corrected chi connectivity index (χ4v) is 3.16. The third kappa shape index (κ3) is 5.46. The number of hydrogen-bond donors (Lipinski definition) is 1. The SMILES string of the molecule is CCOc1cc([N+](=O)[O-])cc(C=Nc2ccc(NC(=O)c3ccccc3Br)cc2)c1[O-]. The minimum atomic E-state index is -0.595. The van der Waals surface area contributed by atoms with Crippen LogP contribution in [-0.4, -0.2) is 23.7 Å². The normalized spacial score (nSPS) is 10.8. The van der Waals surface area contributed by atoms with Crippen LogP contribution in [0.1, 0.15) is 22.8 Å². The van der Waals surface area contributed by atoms with Gasteiger partial charge in [0, 0.05) is 22.4 Å². The number of rotatable bonds is 7. The standard InChI is InChI=1S/C22H18BrN3O5/c1-2-31-20-12-17(26(29)30)11-14(21(20)27)13-24-15-7-9-16(10-8-15)25-22(28)18-5-3-4-6-19(18)23/h3-13,27H,2H2,1H3,(H,25,28)/p-1. The molecule has 0 bridgehead atoms. The zero-order valence-electron chi connectivity index (χ0n) is 16.4. The van der Waals surface area contributed by atoms with E-state index in [1.807, 2.05) is 6.07 Å². The molecular formula is C22H17BrN3O5-. The zero-order valence-corrected chi connectivity index (χ0v) is 18.0. The molecule has 0 fully saturated rings. The molecular weight excluding hydrogens is 466 g/mol. The molecule has 3 rings (SSSR count). The lowest BCUT2D eigenvalue weighted by Gasteiger charge is -2.16. The van der Waals surface area contributed by atoms with Crippen LogP contribution >= 0.6 is 15.9 Å². The van der Waals surface area contributed by atoms with Crippen molar-refractivity contribution in [1.29, 1.82) is 0 Å². The number of ether oxygens (including phenoxy) is 1. The Balaban J connectivity index is 1.77. The van der Waals surface area contributed by atoms with E-state index in [-0.39, 0.29) is 29.5 Å². The van der Waals surface area contributed by atoms with Crippen molar-refractivity contribution in [2.24, 2.45) is 4.99 Å². The molecule has 0 atom stereocenters. The quantitative estimate of drug-likeness (QED) is 0.294. The van der Waals surface area contributed by atoms with Crippen molar-refractivity contribution in [2.45, 2.75) is 6.92 Å². The first kappa shape index (κ1) is 22.0. The minimum absolute atomic E-state index is 0.0453. The van der Waals surface area contributed by atoms with Gasteiger partial charge in [-0.3, -0.25) is 19.9 Å². The van der Waals surface area contributed by atoms with Crippen molar-refractivity contribution in [3.05, 3.63) is 86.4 Å². The van der Waals surface area contributed by atoms with Gasteiger partial charge in [0.25, 0.3) is 11.6 Å². The van der Waals surface area contributed by atoms with E-state index in [0.29, 0.717) is 21.4 Å². The van der Waals surface area contributed by atoms with E-state index < -0.39 is 10.7 Å². The van der Waals surface area contributed by atoms with Gasteiger partial charge in [-0.05, 0) is 64.8 Å². The Hall–Kier alpha value is -3.72. The highest BCUT2D eigenvalue weighted by Gasteiger charge is 2.12. The summed E-state index contributed by atoms with van der Waals surface area (Å²) < 4.78 is 5.88. The number of halogens is 1. The highest BCUT2D eigenvalue weighted by Crippen LogP contribution is 2.32. The van der Waals surface area contributed by atoms with Crippen LogP contribution < -0.4 is 15.2 Å². The molecule has 3 aromatic carbocycles. The number of carbonyl (C=O) groups is 1. The zero-order chi connectivity index (χ0) is 22.4. The maximum Gasteiger partial charge on any atom is 0.273 e. The molecule has 0 radical (unpaired) electrons. The number of nitrogens with zero attached hydrogens (tertiary/aromatic N) is 2. The third-order valence-corrected chi connectivity index (χ3v) is 4.87. The Morgan fingerprint density at radius 2 is 1.90 bits per heavy atom. The van der Waals surface area contributed by atoms with E-state index >= 15 is 0 Å². The average molecular weight is 483 g/mol. The van der Waals surface area contributed by atoms with Gasteiger partial charge in [-0.25, -0.2) is 0 Å². The van der Waals surface area contributed by atoms with Crippen LogP contribution in [0.15, 0.2) is 70.1 Å². The van der Waals surface area contributed by atoms with Gasteiger partial charge in [0.15, 0.2) is 0 Å². The van der Waals surface area contributed by atoms with Crippen LogP contribution in [-0.2, 0) is 0 Å². The fourth-order valence-electron chi connectivity index (χ4n) is 2.69. The van der Waals surface area contributed by atoms with Crippen molar-refractivity contribution in [1.82, 2.24) is 0 Å². The van der Waals surface area contributed by atoms with Gasteiger partial charge >= 0.3 is 0 Å². The number of anilines is 1. The summed E-state index contributed by atoms with van der Waals surface area (Å²) in [7, 11) is 0. The van der Waals surface area contributed by atoms with Gasteiger partial charge in [0.2, 0.25) is 0 Å². The Kier molecular flexibility index (Phi) is 6.99. The van der Waals surface area contributed by atoms with Crippen molar-refractivity contribution < 1.29 is 19.6 Å². The summed E-state index contributed by atoms with van der Waals surface area (Å²) in [6.45, 7) is 1.89. The van der Waals surface area contributed by atoms with Crippen LogP contribution in [0, 0.1) is 10.1 Å². The number of benzene rings is 3. The molecule has 0 saturated heterocycles. The molecule has 3 aromatic rings. The summed E-state index contributed by atoms with van der Waals surface area (Å²) in [6, 6.07) is 16.0. The van der Waals surface area contributed by atoms with Crippen LogP contribution in [0.4, 0.5) is 17.1 Å². The predicted octanol–water partition coefficient (Wildman–Crippen LogP) is 4.83. The molecule has 1 amide bonds. The van der Waals surface area contributed by atoms with E-state index in [0.717, 1.165) is 12.1 Å². The van der Waals surface area contributed by atoms with Crippen LogP contribution in [0.5, 0.6) is 11.5 Å². The smallest absolute Gasteiger partial charge is 0.273 e. The highest BCUT2D eigenvalue weighted by atomic mass is 79.9. The second kappa shape index (κ2) is 9.86. The van der Waals surface area contributed by atoms with Crippen molar-refractivity contribution >= 4 is 45.1 Å². The molecule has 1 N–H and O–H groups in total. The van der Waals surface area contributed by atoms with Gasteiger partial charge in [-0.2, -0.15) is 0 Å². The van der Waals surface area contributed by atoms with E-state index in [1.165, 1.54) is 6.21 Å². The van der Waals surface area contributed by atoms with Crippen molar-refractivity contribution in [3.8, 4) is 11.5 Å². The number of aliphatic imine (C=N–C) groups is 1. The first-order valence-electron chi connectivity index (χ1n) is 9.21. The summed E-state index contributed by atoms with van der Waals surface area (Å²) in [5.74, 6) is -0.837. The van der Waals surface area contributed by atoms with Crippen LogP contribution in [0.2, 0.25) is 0 Å². The minimum Gasteiger partial charge on any atom is -0.870 e. The predicted molar refractivity (Wildman–Crippen MR) is 120 cm³/mol. The third-order valence-electron chi connectivity index (χ3n) is 4.18. The molecule has 0 saturated carbocycles. The number of hydrogen-bond acceptors (Lipinski definition) is 6. The summed E-state index contributed by atoms with van der Waals surface area (Å²) >= 11 is 3.34. The van der Waals surface area contributed by atoms with E-state index in [4.69, 9.17) is 4.74 Å². The molecule has 0 aromatic heterocycles. The molecule has 0 aliphatic rings. The Morgan fingerprint density at radius 3 is 2.55 bits per heavy atom. The molecule has 0 aliphatic carbocycles. The largest absolute Gasteiger partial charge is 0.870 e. The van der Waals surface area contributed by atoms with Gasteiger partial charge in [0.05, 0.1) is 28.8 Å². The lowest BCUT2D eigenvalue weighted by atomic mass is 10.1. The molecule has 0 unspecified atom stereocenters. The van der Waals surface area contributed by atoms with E-state index in [9.17, 15) is 20.0 Å². The average Bonchev–Trinajstić information content (AvgIpc) is 2.75. The van der Waals surface area contributed by atoms with E-state index in [2.05, 4.69) is 26.2 Å². The lowest BCUT2D eigenvalue weighted by Crippen LogP contribution is -2.12. The molecule has 8 nitrogen and oxygen atoms in total. The summed E-state index contributed by atoms with van der Waals surface area (Å²) in [5.41, 5.74) is 1.36. The molecule has 9 heteroatoms. The van der Waals surface area contributed by atoms with Gasteiger partial charge < -0.3 is 15.2 Å². The van der Waals surface area contributed by atoms with Crippen LogP contribution in [0.25, 0.3) is 0 Å². The highest BCUT2D eigenvalue weighted by molar-refractivity contribution is 9.10. The number of nitro benzene ring substituents is 1. The Bertz CT molecular complexity index is 1150. The first-order chi connectivity index (χ1) is 14.9. The molecule has 0 heterocycles. The van der Waals surface area contributed by atoms with Crippen molar-refractivity contribution in [3.63, 3.8) is 0 Å². The molecule has 0 aliphatic heterocycles. The number of nitrogens with one attached hydrogen (secondary N) is 1. The van der Waals surface area contributed by atoms with Gasteiger partial charge in [-0.1, -0.05) is 17.9 Å². The molecule has 158 valence electrons. The maximum absolute atomic E-state index is 12.4. The van der Waals surface area contributed by atoms with Gasteiger partial charge in [0.1, 0.15) is 5.75 Å². The number of carbonyl (C=O) groups excluding carboxylic acids is 1. The first-order valence-corrected chi connectivity index (χ1v) is 10.0. The van der Waals surface area contributed by atoms with Crippen molar-refractivity contribution in [2.75, 3.05) is 11.9 Å². The van der Waals surface area contributed by atoms with Crippen LogP contribution in [0.3, 0.4) is 0 Å². The molecule has 31 heavy (non-hydrogen) atoms.